The summed E-state index contributed by atoms with van der Waals surface area (Å²) in [5.74, 6) is 0. The van der Waals surface area contributed by atoms with E-state index < -0.39 is 0 Å². The molecule has 0 unspecified atom stereocenters. The molecule has 0 spiro atoms. The summed E-state index contributed by atoms with van der Waals surface area (Å²) in [5, 5.41) is 43.0. The molecule has 0 saturated carbocycles. The number of rotatable bonds is 12. The van der Waals surface area contributed by atoms with E-state index in [1.54, 1.807) is 0 Å². The zero-order valence-electron chi connectivity index (χ0n) is 41.0. The largest absolute Gasteiger partial charge is 0.0654 e. The Kier molecular flexibility index (Phi) is 8.12. The van der Waals surface area contributed by atoms with Gasteiger partial charge in [-0.15, -0.1) is 0 Å². The van der Waals surface area contributed by atoms with Crippen LogP contribution in [0.15, 0.2) is 121 Å². The van der Waals surface area contributed by atoms with Gasteiger partial charge in [0.15, 0.2) is 0 Å². The first-order valence-corrected chi connectivity index (χ1v) is 27.1. The van der Waals surface area contributed by atoms with Crippen molar-refractivity contribution in [1.29, 1.82) is 0 Å². The summed E-state index contributed by atoms with van der Waals surface area (Å²) in [6.45, 7) is 9.30. The minimum Gasteiger partial charge on any atom is -0.0654 e. The molecule has 16 aromatic rings. The highest BCUT2D eigenvalue weighted by Gasteiger charge is 2.30. The van der Waals surface area contributed by atoms with Crippen molar-refractivity contribution in [3.05, 3.63) is 144 Å². The minimum absolute atomic E-state index is 1.11. The molecule has 0 atom stereocenters. The second-order valence-electron chi connectivity index (χ2n) is 21.8. The third-order valence-electron chi connectivity index (χ3n) is 18.1. The summed E-state index contributed by atoms with van der Waals surface area (Å²) in [5.41, 5.74) is 5.95. The van der Waals surface area contributed by atoms with Gasteiger partial charge in [0.25, 0.3) is 0 Å². The van der Waals surface area contributed by atoms with Crippen LogP contribution < -0.4 is 0 Å². The molecule has 70 heavy (non-hydrogen) atoms. The van der Waals surface area contributed by atoms with E-state index in [1.165, 1.54) is 235 Å². The molecule has 0 aliphatic carbocycles. The van der Waals surface area contributed by atoms with Crippen molar-refractivity contribution in [2.45, 2.75) is 105 Å². The lowest BCUT2D eigenvalue weighted by atomic mass is 9.75. The van der Waals surface area contributed by atoms with Crippen molar-refractivity contribution < 1.29 is 0 Å². The van der Waals surface area contributed by atoms with Gasteiger partial charge in [-0.3, -0.25) is 0 Å². The summed E-state index contributed by atoms with van der Waals surface area (Å²) < 4.78 is 0. The Hall–Kier alpha value is -7.02. The van der Waals surface area contributed by atoms with Gasteiger partial charge in [-0.05, 0) is 235 Å². The molecule has 0 heteroatoms. The zero-order valence-corrected chi connectivity index (χ0v) is 41.0. The first-order valence-electron chi connectivity index (χ1n) is 27.1. The molecule has 0 fully saturated rings. The van der Waals surface area contributed by atoms with Crippen LogP contribution in [0.3, 0.4) is 0 Å². The van der Waals surface area contributed by atoms with Crippen LogP contribution in [0.5, 0.6) is 0 Å². The van der Waals surface area contributed by atoms with Crippen LogP contribution in [0.25, 0.3) is 162 Å². The Morgan fingerprint density at radius 1 is 0.200 bits per heavy atom. The van der Waals surface area contributed by atoms with Gasteiger partial charge in [0.2, 0.25) is 0 Å². The Morgan fingerprint density at radius 3 is 0.686 bits per heavy atom. The van der Waals surface area contributed by atoms with Gasteiger partial charge in [0.1, 0.15) is 0 Å². The molecule has 0 aliphatic rings. The molecule has 0 nitrogen and oxygen atoms in total. The van der Waals surface area contributed by atoms with E-state index in [-0.39, 0.29) is 0 Å². The lowest BCUT2D eigenvalue weighted by molar-refractivity contribution is 0.796. The van der Waals surface area contributed by atoms with E-state index in [2.05, 4.69) is 149 Å². The van der Waals surface area contributed by atoms with Gasteiger partial charge in [-0.2, -0.15) is 0 Å². The maximum Gasteiger partial charge on any atom is -0.000717 e. The van der Waals surface area contributed by atoms with E-state index in [0.29, 0.717) is 0 Å². The molecule has 0 N–H and O–H groups in total. The van der Waals surface area contributed by atoms with Crippen molar-refractivity contribution >= 4 is 162 Å². The minimum atomic E-state index is 1.11. The third-order valence-corrected chi connectivity index (χ3v) is 18.1. The summed E-state index contributed by atoms with van der Waals surface area (Å²) in [6, 6.07) is 50.2. The second-order valence-corrected chi connectivity index (χ2v) is 21.8. The van der Waals surface area contributed by atoms with Crippen LogP contribution in [-0.2, 0) is 25.7 Å². The normalized spacial score (nSPS) is 13.3. The Balaban J connectivity index is 1.10. The van der Waals surface area contributed by atoms with E-state index in [1.807, 2.05) is 0 Å². The molecule has 0 radical (unpaired) electrons. The van der Waals surface area contributed by atoms with Crippen LogP contribution >= 0.6 is 0 Å². The average Bonchev–Trinajstić information content (AvgIpc) is 3.42. The van der Waals surface area contributed by atoms with Crippen LogP contribution in [0.4, 0.5) is 0 Å². The predicted molar refractivity (Wildman–Crippen MR) is 311 cm³/mol. The molecule has 336 valence electrons. The number of benzene rings is 16. The fraction of sp³-hybridized carbons (Fsp3) is 0.229. The molecular formula is C70H56. The monoisotopic (exact) mass is 896 g/mol. The van der Waals surface area contributed by atoms with Gasteiger partial charge in [0, 0.05) is 0 Å². The molecule has 0 amide bonds. The number of hydrogen-bond donors (Lipinski definition) is 0. The predicted octanol–water partition coefficient (Wildman–Crippen LogP) is 21.0. The number of fused-ring (bicyclic) bond motifs is 11. The number of unbranched alkanes of at least 4 members (excludes halogenated alkanes) is 4. The van der Waals surface area contributed by atoms with E-state index >= 15 is 0 Å². The van der Waals surface area contributed by atoms with Gasteiger partial charge in [0.05, 0.1) is 0 Å². The first kappa shape index (κ1) is 39.8. The Morgan fingerprint density at radius 2 is 0.414 bits per heavy atom. The van der Waals surface area contributed by atoms with E-state index in [0.717, 1.165) is 25.7 Å². The van der Waals surface area contributed by atoms with E-state index in [9.17, 15) is 0 Å². The maximum atomic E-state index is 2.57. The summed E-state index contributed by atoms with van der Waals surface area (Å²) in [7, 11) is 0. The van der Waals surface area contributed by atoms with Crippen molar-refractivity contribution in [3.8, 4) is 0 Å². The fourth-order valence-electron chi connectivity index (χ4n) is 15.0. The highest BCUT2D eigenvalue weighted by Crippen LogP contribution is 2.58. The second kappa shape index (κ2) is 14.3. The van der Waals surface area contributed by atoms with Crippen LogP contribution in [0, 0.1) is 0 Å². The van der Waals surface area contributed by atoms with Crippen molar-refractivity contribution in [3.63, 3.8) is 0 Å². The van der Waals surface area contributed by atoms with E-state index in [4.69, 9.17) is 0 Å². The maximum absolute atomic E-state index is 2.57. The van der Waals surface area contributed by atoms with Crippen molar-refractivity contribution in [1.82, 2.24) is 0 Å². The van der Waals surface area contributed by atoms with Crippen molar-refractivity contribution in [2.75, 3.05) is 0 Å². The highest BCUT2D eigenvalue weighted by molar-refractivity contribution is 6.57. The molecular weight excluding hydrogens is 841 g/mol. The molecule has 16 rings (SSSR count). The summed E-state index contributed by atoms with van der Waals surface area (Å²) in [4.78, 5) is 0. The van der Waals surface area contributed by atoms with Gasteiger partial charge < -0.3 is 0 Å². The molecule has 0 aromatic heterocycles. The molecule has 0 aliphatic heterocycles. The standard InChI is InChI=1S/C70H56/c1-5-9-13-37-17-21-41-43-25-27-49-51-33-34-52-50-28-26-44-42-22-18-38(14-10-6-2)36-56(42)58-40(16-12-8-4)20-24-46-48-30-32-54-53-31-29-47-45-23-19-39(15-11-7-3)57(55(41)35-37)59(45)61(43)63(49)65(47)67(53)69(51)70(52)68(54)66(48)64(50)62(44)60(46)58/h17-36H,5-16H2,1-4H3. The number of aryl methyl sites for hydroxylation is 4. The zero-order chi connectivity index (χ0) is 46.3. The Bertz CT molecular complexity index is 4490. The Labute approximate surface area is 407 Å². The molecule has 0 saturated heterocycles. The SMILES string of the molecule is CCCCc1ccc2c(c1)c1c(CCCC)ccc3c4ccc5c6ccc7c8ccc(CCCC)c9c%10cc(CCCC)ccc%10c%10ccc%11c%12ccc%13c%14ccc2c(c31)c%14c4c5c%13c%12c6c7c%11c%10c89. The van der Waals surface area contributed by atoms with Gasteiger partial charge >= 0.3 is 0 Å². The number of hydrogen-bond acceptors (Lipinski definition) is 0. The lowest BCUT2D eigenvalue weighted by Gasteiger charge is -2.27. The first-order chi connectivity index (χ1) is 34.6. The highest BCUT2D eigenvalue weighted by atomic mass is 14.3. The lowest BCUT2D eigenvalue weighted by Crippen LogP contribution is -2.00. The topological polar surface area (TPSA) is 0 Å². The summed E-state index contributed by atoms with van der Waals surface area (Å²) in [6.07, 6.45) is 14.2. The quantitative estimate of drug-likeness (QED) is 0.0847. The summed E-state index contributed by atoms with van der Waals surface area (Å²) >= 11 is 0. The third kappa shape index (κ3) is 4.79. The van der Waals surface area contributed by atoms with Crippen LogP contribution in [0.2, 0.25) is 0 Å². The smallest absolute Gasteiger partial charge is 0.000717 e. The molecule has 16 aromatic carbocycles. The fourth-order valence-corrected chi connectivity index (χ4v) is 15.0. The van der Waals surface area contributed by atoms with Crippen LogP contribution in [0.1, 0.15) is 101 Å². The van der Waals surface area contributed by atoms with Gasteiger partial charge in [-0.25, -0.2) is 0 Å². The average molecular weight is 897 g/mol. The van der Waals surface area contributed by atoms with Crippen LogP contribution in [-0.4, -0.2) is 0 Å². The molecule has 0 heterocycles. The van der Waals surface area contributed by atoms with Gasteiger partial charge in [-0.1, -0.05) is 175 Å². The molecule has 0 bridgehead atoms. The van der Waals surface area contributed by atoms with Crippen molar-refractivity contribution in [2.24, 2.45) is 0 Å².